The van der Waals surface area contributed by atoms with Crippen LogP contribution in [-0.4, -0.2) is 16.1 Å². The molecule has 0 aliphatic heterocycles. The van der Waals surface area contributed by atoms with E-state index < -0.39 is 11.7 Å². The second kappa shape index (κ2) is 5.74. The van der Waals surface area contributed by atoms with E-state index in [1.807, 2.05) is 0 Å². The van der Waals surface area contributed by atoms with Crippen LogP contribution in [0.3, 0.4) is 0 Å². The lowest BCUT2D eigenvalue weighted by atomic mass is 10.0. The molecule has 0 bridgehead atoms. The molecule has 2 N–H and O–H groups in total. The van der Waals surface area contributed by atoms with Crippen molar-refractivity contribution >= 4 is 11.0 Å². The third kappa shape index (κ3) is 3.15. The first-order chi connectivity index (χ1) is 11.2. The summed E-state index contributed by atoms with van der Waals surface area (Å²) < 4.78 is 44.8. The fraction of sp³-hybridized carbons (Fsp3) is 0.235. The number of H-pyrrole nitrogens is 2. The van der Waals surface area contributed by atoms with Crippen molar-refractivity contribution in [3.63, 3.8) is 0 Å². The molecule has 1 aromatic heterocycles. The Balaban J connectivity index is 2.18. The van der Waals surface area contributed by atoms with Gasteiger partial charge in [-0.05, 0) is 49.7 Å². The van der Waals surface area contributed by atoms with Gasteiger partial charge in [-0.2, -0.15) is 13.2 Å². The molecular formula is C17H15F3N2O2. The number of fused-ring (bicyclic) bond motifs is 1. The van der Waals surface area contributed by atoms with Gasteiger partial charge >= 0.3 is 11.9 Å². The molecule has 0 saturated carbocycles. The van der Waals surface area contributed by atoms with Gasteiger partial charge in [-0.1, -0.05) is 6.07 Å². The molecule has 0 amide bonds. The first-order valence-corrected chi connectivity index (χ1v) is 7.34. The van der Waals surface area contributed by atoms with Gasteiger partial charge in [0.15, 0.2) is 0 Å². The van der Waals surface area contributed by atoms with Crippen molar-refractivity contribution in [2.45, 2.75) is 26.1 Å². The van der Waals surface area contributed by atoms with Gasteiger partial charge in [0.2, 0.25) is 0 Å². The Morgan fingerprint density at radius 2 is 1.71 bits per heavy atom. The zero-order chi connectivity index (χ0) is 17.5. The smallest absolute Gasteiger partial charge is 0.416 e. The van der Waals surface area contributed by atoms with Crippen molar-refractivity contribution in [3.05, 3.63) is 52.4 Å². The van der Waals surface area contributed by atoms with Crippen molar-refractivity contribution in [1.82, 2.24) is 9.97 Å². The van der Waals surface area contributed by atoms with Crippen LogP contribution in [0.5, 0.6) is 5.75 Å². The predicted octanol–water partition coefficient (Wildman–Crippen LogP) is 4.33. The third-order valence-electron chi connectivity index (χ3n) is 3.50. The number of aromatic amines is 2. The Bertz CT molecular complexity index is 939. The molecule has 0 unspecified atom stereocenters. The lowest BCUT2D eigenvalue weighted by Gasteiger charge is -2.17. The highest BCUT2D eigenvalue weighted by molar-refractivity contribution is 5.83. The molecular weight excluding hydrogens is 321 g/mol. The van der Waals surface area contributed by atoms with Crippen LogP contribution in [0, 0.1) is 0 Å². The van der Waals surface area contributed by atoms with Crippen molar-refractivity contribution in [3.8, 4) is 16.9 Å². The van der Waals surface area contributed by atoms with Gasteiger partial charge in [0.1, 0.15) is 5.75 Å². The number of alkyl halides is 3. The van der Waals surface area contributed by atoms with Gasteiger partial charge in [-0.3, -0.25) is 0 Å². The largest absolute Gasteiger partial charge is 0.490 e. The quantitative estimate of drug-likeness (QED) is 0.748. The van der Waals surface area contributed by atoms with Gasteiger partial charge < -0.3 is 14.7 Å². The summed E-state index contributed by atoms with van der Waals surface area (Å²) in [6.07, 6.45) is -4.63. The number of halogens is 3. The highest BCUT2D eigenvalue weighted by Gasteiger charge is 2.31. The topological polar surface area (TPSA) is 57.9 Å². The predicted molar refractivity (Wildman–Crippen MR) is 85.1 cm³/mol. The van der Waals surface area contributed by atoms with E-state index in [4.69, 9.17) is 4.74 Å². The Morgan fingerprint density at radius 3 is 2.38 bits per heavy atom. The minimum absolute atomic E-state index is 0.184. The second-order valence-corrected chi connectivity index (χ2v) is 5.71. The van der Waals surface area contributed by atoms with E-state index in [1.54, 1.807) is 32.0 Å². The molecule has 3 rings (SSSR count). The maximum Gasteiger partial charge on any atom is 0.416 e. The van der Waals surface area contributed by atoms with Crippen LogP contribution in [0.1, 0.15) is 19.4 Å². The van der Waals surface area contributed by atoms with Gasteiger partial charge in [0.25, 0.3) is 0 Å². The summed E-state index contributed by atoms with van der Waals surface area (Å²) in [6.45, 7) is 3.60. The maximum atomic E-state index is 13.0. The summed E-state index contributed by atoms with van der Waals surface area (Å²) in [5.41, 5.74) is 0.829. The number of rotatable bonds is 3. The summed E-state index contributed by atoms with van der Waals surface area (Å²) in [7, 11) is 0. The van der Waals surface area contributed by atoms with E-state index in [9.17, 15) is 18.0 Å². The molecule has 1 heterocycles. The molecule has 0 saturated heterocycles. The van der Waals surface area contributed by atoms with Crippen LogP contribution in [0.15, 0.2) is 41.2 Å². The van der Waals surface area contributed by atoms with Gasteiger partial charge in [0.05, 0.1) is 22.7 Å². The number of hydrogen-bond donors (Lipinski definition) is 2. The number of aromatic nitrogens is 2. The van der Waals surface area contributed by atoms with Crippen molar-refractivity contribution < 1.29 is 17.9 Å². The van der Waals surface area contributed by atoms with E-state index in [1.165, 1.54) is 6.07 Å². The maximum absolute atomic E-state index is 13.0. The lowest BCUT2D eigenvalue weighted by Crippen LogP contribution is -2.09. The minimum Gasteiger partial charge on any atom is -0.490 e. The number of ether oxygens (including phenoxy) is 1. The first-order valence-electron chi connectivity index (χ1n) is 7.34. The van der Waals surface area contributed by atoms with Gasteiger partial charge in [-0.25, -0.2) is 4.79 Å². The zero-order valence-corrected chi connectivity index (χ0v) is 13.0. The minimum atomic E-state index is -4.45. The van der Waals surface area contributed by atoms with Gasteiger partial charge in [-0.15, -0.1) is 0 Å². The van der Waals surface area contributed by atoms with Gasteiger partial charge in [0, 0.05) is 5.56 Å². The molecule has 126 valence electrons. The van der Waals surface area contributed by atoms with Crippen LogP contribution in [-0.2, 0) is 6.18 Å². The summed E-state index contributed by atoms with van der Waals surface area (Å²) in [4.78, 5) is 16.5. The number of nitrogens with one attached hydrogen (secondary N) is 2. The fourth-order valence-electron chi connectivity index (χ4n) is 2.49. The summed E-state index contributed by atoms with van der Waals surface area (Å²) in [5.74, 6) is 0.357. The molecule has 2 aromatic carbocycles. The molecule has 0 aliphatic rings. The third-order valence-corrected chi connectivity index (χ3v) is 3.50. The molecule has 7 heteroatoms. The fourth-order valence-corrected chi connectivity index (χ4v) is 2.49. The van der Waals surface area contributed by atoms with E-state index in [2.05, 4.69) is 9.97 Å². The Morgan fingerprint density at radius 1 is 1.00 bits per heavy atom. The van der Waals surface area contributed by atoms with E-state index in [-0.39, 0.29) is 11.8 Å². The van der Waals surface area contributed by atoms with E-state index in [0.29, 0.717) is 27.9 Å². The SMILES string of the molecule is CC(C)Oc1ccc(C(F)(F)F)cc1-c1ccc2[nH]c(=O)[nH]c2c1. The molecule has 3 aromatic rings. The first kappa shape index (κ1) is 16.2. The average molecular weight is 336 g/mol. The van der Waals surface area contributed by atoms with Crippen LogP contribution >= 0.6 is 0 Å². The summed E-state index contributed by atoms with van der Waals surface area (Å²) in [5, 5.41) is 0. The monoisotopic (exact) mass is 336 g/mol. The molecule has 0 atom stereocenters. The molecule has 0 fully saturated rings. The lowest BCUT2D eigenvalue weighted by molar-refractivity contribution is -0.137. The van der Waals surface area contributed by atoms with Crippen LogP contribution in [0.25, 0.3) is 22.2 Å². The Hall–Kier alpha value is -2.70. The zero-order valence-electron chi connectivity index (χ0n) is 13.0. The molecule has 0 spiro atoms. The van der Waals surface area contributed by atoms with Crippen molar-refractivity contribution in [1.29, 1.82) is 0 Å². The molecule has 0 radical (unpaired) electrons. The molecule has 24 heavy (non-hydrogen) atoms. The van der Waals surface area contributed by atoms with Crippen LogP contribution < -0.4 is 10.4 Å². The number of hydrogen-bond acceptors (Lipinski definition) is 2. The van der Waals surface area contributed by atoms with Crippen LogP contribution in [0.2, 0.25) is 0 Å². The average Bonchev–Trinajstić information content (AvgIpc) is 2.85. The van der Waals surface area contributed by atoms with E-state index >= 15 is 0 Å². The summed E-state index contributed by atoms with van der Waals surface area (Å²) >= 11 is 0. The standard InChI is InChI=1S/C17H15F3N2O2/c1-9(2)24-15-6-4-11(17(18,19)20)8-12(15)10-3-5-13-14(7-10)22-16(23)21-13/h3-9H,1-2H3,(H2,21,22,23). The Kier molecular flexibility index (Phi) is 3.87. The highest BCUT2D eigenvalue weighted by atomic mass is 19.4. The summed E-state index contributed by atoms with van der Waals surface area (Å²) in [6, 6.07) is 8.29. The molecule has 0 aliphatic carbocycles. The molecule has 4 nitrogen and oxygen atoms in total. The Labute approximate surface area is 135 Å². The number of imidazole rings is 1. The van der Waals surface area contributed by atoms with E-state index in [0.717, 1.165) is 12.1 Å². The van der Waals surface area contributed by atoms with Crippen molar-refractivity contribution in [2.75, 3.05) is 0 Å². The normalized spacial score (nSPS) is 12.1. The highest BCUT2D eigenvalue weighted by Crippen LogP contribution is 2.38. The second-order valence-electron chi connectivity index (χ2n) is 5.71. The number of benzene rings is 2. The van der Waals surface area contributed by atoms with Crippen LogP contribution in [0.4, 0.5) is 13.2 Å². The van der Waals surface area contributed by atoms with Crippen molar-refractivity contribution in [2.24, 2.45) is 0 Å².